The van der Waals surface area contributed by atoms with Gasteiger partial charge in [0.1, 0.15) is 10.5 Å². The Morgan fingerprint density at radius 1 is 1.40 bits per heavy atom. The Labute approximate surface area is 152 Å². The van der Waals surface area contributed by atoms with Gasteiger partial charge in [0.2, 0.25) is 0 Å². The maximum atomic E-state index is 13.0. The Hall–Kier alpha value is -2.25. The van der Waals surface area contributed by atoms with Crippen LogP contribution in [0.1, 0.15) is 17.3 Å². The van der Waals surface area contributed by atoms with E-state index in [4.69, 9.17) is 0 Å². The number of hydrogen-bond donors (Lipinski definition) is 0. The van der Waals surface area contributed by atoms with Gasteiger partial charge in [-0.3, -0.25) is 14.2 Å². The van der Waals surface area contributed by atoms with Gasteiger partial charge in [0.15, 0.2) is 10.9 Å². The van der Waals surface area contributed by atoms with E-state index in [1.54, 1.807) is 19.1 Å². The summed E-state index contributed by atoms with van der Waals surface area (Å²) in [5.74, 6) is -0.531. The first kappa shape index (κ1) is 17.6. The van der Waals surface area contributed by atoms with Crippen LogP contribution in [0, 0.1) is 5.82 Å². The van der Waals surface area contributed by atoms with Crippen molar-refractivity contribution in [2.75, 3.05) is 0 Å². The van der Waals surface area contributed by atoms with Gasteiger partial charge < -0.3 is 0 Å². The smallest absolute Gasteiger partial charge is 0.272 e. The Morgan fingerprint density at radius 3 is 2.80 bits per heavy atom. The van der Waals surface area contributed by atoms with Crippen LogP contribution in [0.4, 0.5) is 4.39 Å². The first-order valence-corrected chi connectivity index (χ1v) is 9.32. The maximum absolute atomic E-state index is 13.0. The van der Waals surface area contributed by atoms with Gasteiger partial charge in [0, 0.05) is 12.1 Å². The number of allylic oxidation sites excluding steroid dienone is 1. The summed E-state index contributed by atoms with van der Waals surface area (Å²) in [6.45, 7) is 5.75. The highest BCUT2D eigenvalue weighted by molar-refractivity contribution is 8.00. The van der Waals surface area contributed by atoms with Crippen molar-refractivity contribution in [2.45, 2.75) is 23.9 Å². The van der Waals surface area contributed by atoms with E-state index in [-0.39, 0.29) is 17.2 Å². The highest BCUT2D eigenvalue weighted by Crippen LogP contribution is 2.26. The lowest BCUT2D eigenvalue weighted by Crippen LogP contribution is -2.24. The molecule has 0 unspecified atom stereocenters. The lowest BCUT2D eigenvalue weighted by Gasteiger charge is -2.14. The summed E-state index contributed by atoms with van der Waals surface area (Å²) in [7, 11) is 0. The molecule has 3 rings (SSSR count). The fourth-order valence-corrected chi connectivity index (χ4v) is 4.14. The summed E-state index contributed by atoms with van der Waals surface area (Å²) < 4.78 is 15.1. The number of aromatic nitrogens is 2. The van der Waals surface area contributed by atoms with E-state index in [2.05, 4.69) is 11.6 Å². The molecule has 4 nitrogen and oxygen atoms in total. The van der Waals surface area contributed by atoms with Crippen molar-refractivity contribution in [3.8, 4) is 0 Å². The number of thioether (sulfide) groups is 1. The molecular weight excluding hydrogens is 359 g/mol. The summed E-state index contributed by atoms with van der Waals surface area (Å²) >= 11 is 2.56. The third-order valence-corrected chi connectivity index (χ3v) is 5.60. The number of thiophene rings is 1. The van der Waals surface area contributed by atoms with Crippen LogP contribution in [-0.4, -0.2) is 20.6 Å². The van der Waals surface area contributed by atoms with Gasteiger partial charge in [-0.25, -0.2) is 9.37 Å². The SMILES string of the molecule is C=CCn1c(S[C@@H](C)C(=O)c2ccc(F)cc2)nc2ccsc2c1=O. The number of rotatable bonds is 6. The van der Waals surface area contributed by atoms with Gasteiger partial charge in [-0.05, 0) is 42.6 Å². The molecule has 0 fully saturated rings. The minimum atomic E-state index is -0.468. The molecule has 3 aromatic rings. The van der Waals surface area contributed by atoms with Crippen LogP contribution in [0.3, 0.4) is 0 Å². The van der Waals surface area contributed by atoms with Crippen molar-refractivity contribution < 1.29 is 9.18 Å². The van der Waals surface area contributed by atoms with Crippen LogP contribution in [0.2, 0.25) is 0 Å². The summed E-state index contributed by atoms with van der Waals surface area (Å²) in [6.07, 6.45) is 1.62. The van der Waals surface area contributed by atoms with Gasteiger partial charge in [0.25, 0.3) is 5.56 Å². The first-order chi connectivity index (χ1) is 12.0. The van der Waals surface area contributed by atoms with Crippen molar-refractivity contribution in [1.82, 2.24) is 9.55 Å². The van der Waals surface area contributed by atoms with E-state index >= 15 is 0 Å². The fraction of sp³-hybridized carbons (Fsp3) is 0.167. The average Bonchev–Trinajstić information content (AvgIpc) is 3.07. The quantitative estimate of drug-likeness (QED) is 0.282. The molecule has 0 bridgehead atoms. The summed E-state index contributed by atoms with van der Waals surface area (Å²) in [6, 6.07) is 7.22. The number of fused-ring (bicyclic) bond motifs is 1. The van der Waals surface area contributed by atoms with Gasteiger partial charge in [-0.2, -0.15) is 0 Å². The number of Topliss-reactive ketones (excluding diaryl/α,β-unsaturated/α-hetero) is 1. The van der Waals surface area contributed by atoms with Crippen LogP contribution in [0.15, 0.2) is 58.3 Å². The van der Waals surface area contributed by atoms with E-state index in [1.165, 1.54) is 51.9 Å². The average molecular weight is 374 g/mol. The molecule has 0 aliphatic heterocycles. The minimum absolute atomic E-state index is 0.135. The van der Waals surface area contributed by atoms with E-state index in [0.29, 0.717) is 27.5 Å². The Kier molecular flexibility index (Phi) is 5.15. The number of ketones is 1. The van der Waals surface area contributed by atoms with Crippen molar-refractivity contribution in [2.24, 2.45) is 0 Å². The highest BCUT2D eigenvalue weighted by atomic mass is 32.2. The van der Waals surface area contributed by atoms with E-state index < -0.39 is 5.25 Å². The van der Waals surface area contributed by atoms with Crippen molar-refractivity contribution >= 4 is 39.1 Å². The van der Waals surface area contributed by atoms with Gasteiger partial charge >= 0.3 is 0 Å². The second-order valence-electron chi connectivity index (χ2n) is 5.36. The monoisotopic (exact) mass is 374 g/mol. The summed E-state index contributed by atoms with van der Waals surface area (Å²) in [4.78, 5) is 29.7. The number of carbonyl (C=O) groups is 1. The Balaban J connectivity index is 1.94. The van der Waals surface area contributed by atoms with Crippen molar-refractivity contribution in [3.63, 3.8) is 0 Å². The van der Waals surface area contributed by atoms with Crippen LogP contribution < -0.4 is 5.56 Å². The predicted molar refractivity (Wildman–Crippen MR) is 100 cm³/mol. The normalized spacial score (nSPS) is 12.2. The number of benzene rings is 1. The van der Waals surface area contributed by atoms with Crippen LogP contribution in [0.5, 0.6) is 0 Å². The molecule has 0 saturated heterocycles. The predicted octanol–water partition coefficient (Wildman–Crippen LogP) is 4.15. The largest absolute Gasteiger partial charge is 0.293 e. The standard InChI is InChI=1S/C18H15FN2O2S2/c1-3-9-21-17(23)16-14(8-10-24-16)20-18(21)25-11(2)15(22)12-4-6-13(19)7-5-12/h3-8,10-11H,1,9H2,2H3/t11-/m0/s1. The molecule has 2 aromatic heterocycles. The molecule has 0 saturated carbocycles. The highest BCUT2D eigenvalue weighted by Gasteiger charge is 2.20. The first-order valence-electron chi connectivity index (χ1n) is 7.56. The Bertz CT molecular complexity index is 992. The molecule has 0 amide bonds. The molecule has 7 heteroatoms. The molecule has 2 heterocycles. The summed E-state index contributed by atoms with van der Waals surface area (Å²) in [5, 5.41) is 1.82. The molecule has 0 radical (unpaired) electrons. The second kappa shape index (κ2) is 7.33. The zero-order valence-corrected chi connectivity index (χ0v) is 15.1. The zero-order valence-electron chi connectivity index (χ0n) is 13.4. The third-order valence-electron chi connectivity index (χ3n) is 3.62. The van der Waals surface area contributed by atoms with Crippen LogP contribution in [-0.2, 0) is 6.54 Å². The minimum Gasteiger partial charge on any atom is -0.293 e. The van der Waals surface area contributed by atoms with Crippen LogP contribution in [0.25, 0.3) is 10.2 Å². The Morgan fingerprint density at radius 2 is 2.12 bits per heavy atom. The maximum Gasteiger partial charge on any atom is 0.272 e. The molecule has 0 aliphatic rings. The van der Waals surface area contributed by atoms with E-state index in [0.717, 1.165) is 0 Å². The van der Waals surface area contributed by atoms with Crippen molar-refractivity contribution in [1.29, 1.82) is 0 Å². The molecule has 128 valence electrons. The number of nitrogens with zero attached hydrogens (tertiary/aromatic N) is 2. The summed E-state index contributed by atoms with van der Waals surface area (Å²) in [5.41, 5.74) is 0.915. The van der Waals surface area contributed by atoms with Gasteiger partial charge in [-0.1, -0.05) is 17.8 Å². The topological polar surface area (TPSA) is 52.0 Å². The molecule has 0 aliphatic carbocycles. The molecule has 0 spiro atoms. The van der Waals surface area contributed by atoms with Crippen molar-refractivity contribution in [3.05, 3.63) is 70.1 Å². The fourth-order valence-electron chi connectivity index (χ4n) is 2.36. The zero-order chi connectivity index (χ0) is 18.0. The van der Waals surface area contributed by atoms with E-state index in [9.17, 15) is 14.0 Å². The molecular formula is C18H15FN2O2S2. The molecule has 25 heavy (non-hydrogen) atoms. The molecule has 0 N–H and O–H groups in total. The number of carbonyl (C=O) groups excluding carboxylic acids is 1. The lowest BCUT2D eigenvalue weighted by atomic mass is 10.1. The van der Waals surface area contributed by atoms with Crippen LogP contribution >= 0.6 is 23.1 Å². The van der Waals surface area contributed by atoms with Gasteiger partial charge in [-0.15, -0.1) is 17.9 Å². The lowest BCUT2D eigenvalue weighted by molar-refractivity contribution is 0.0994. The van der Waals surface area contributed by atoms with E-state index in [1.807, 2.05) is 5.38 Å². The number of hydrogen-bond acceptors (Lipinski definition) is 5. The third kappa shape index (κ3) is 3.57. The molecule has 1 atom stereocenters. The van der Waals surface area contributed by atoms with Gasteiger partial charge in [0.05, 0.1) is 10.8 Å². The second-order valence-corrected chi connectivity index (χ2v) is 7.59. The number of halogens is 1. The molecule has 1 aromatic carbocycles.